The van der Waals surface area contributed by atoms with E-state index in [0.29, 0.717) is 6.04 Å². The summed E-state index contributed by atoms with van der Waals surface area (Å²) < 4.78 is 0. The highest BCUT2D eigenvalue weighted by atomic mass is 15.1. The fraction of sp³-hybridized carbons (Fsp3) is 0.571. The summed E-state index contributed by atoms with van der Waals surface area (Å²) in [6.45, 7) is 9.67. The zero-order valence-electron chi connectivity index (χ0n) is 11.0. The molecule has 0 saturated carbocycles. The molecule has 1 aromatic rings. The maximum absolute atomic E-state index is 3.38. The lowest BCUT2D eigenvalue weighted by Crippen LogP contribution is -2.37. The molecule has 1 unspecified atom stereocenters. The molecule has 1 atom stereocenters. The van der Waals surface area contributed by atoms with Gasteiger partial charge in [0.15, 0.2) is 0 Å². The summed E-state index contributed by atoms with van der Waals surface area (Å²) in [6, 6.07) is 9.30. The van der Waals surface area contributed by atoms with Crippen LogP contribution in [-0.2, 0) is 6.54 Å². The molecule has 0 bridgehead atoms. The van der Waals surface area contributed by atoms with E-state index in [9.17, 15) is 0 Å². The molecule has 0 aliphatic rings. The summed E-state index contributed by atoms with van der Waals surface area (Å²) in [5.41, 5.74) is 2.73. The molecule has 0 spiro atoms. The van der Waals surface area contributed by atoms with Crippen molar-refractivity contribution in [2.45, 2.75) is 33.4 Å². The van der Waals surface area contributed by atoms with Crippen molar-refractivity contribution in [3.05, 3.63) is 35.4 Å². The van der Waals surface area contributed by atoms with Crippen LogP contribution in [0.5, 0.6) is 0 Å². The Hall–Kier alpha value is -0.860. The Morgan fingerprint density at radius 3 is 2.75 bits per heavy atom. The fourth-order valence-corrected chi connectivity index (χ4v) is 1.76. The first-order valence-electron chi connectivity index (χ1n) is 6.10. The molecule has 0 fully saturated rings. The Balaban J connectivity index is 2.47. The number of rotatable bonds is 6. The van der Waals surface area contributed by atoms with E-state index in [2.05, 4.69) is 62.3 Å². The van der Waals surface area contributed by atoms with Gasteiger partial charge in [0.25, 0.3) is 0 Å². The van der Waals surface area contributed by atoms with Gasteiger partial charge in [0, 0.05) is 19.1 Å². The van der Waals surface area contributed by atoms with Crippen molar-refractivity contribution in [1.29, 1.82) is 0 Å². The second kappa shape index (κ2) is 6.66. The van der Waals surface area contributed by atoms with E-state index < -0.39 is 0 Å². The average Bonchev–Trinajstić information content (AvgIpc) is 2.25. The van der Waals surface area contributed by atoms with Crippen LogP contribution in [0, 0.1) is 6.92 Å². The van der Waals surface area contributed by atoms with Crippen molar-refractivity contribution in [2.24, 2.45) is 0 Å². The number of hydrogen-bond acceptors (Lipinski definition) is 2. The van der Waals surface area contributed by atoms with Crippen LogP contribution in [0.3, 0.4) is 0 Å². The van der Waals surface area contributed by atoms with E-state index in [1.54, 1.807) is 0 Å². The van der Waals surface area contributed by atoms with E-state index in [-0.39, 0.29) is 0 Å². The normalized spacial score (nSPS) is 13.1. The van der Waals surface area contributed by atoms with Crippen LogP contribution >= 0.6 is 0 Å². The SMILES string of the molecule is CCNCC(C)N(C)Cc1cccc(C)c1. The molecule has 0 aliphatic heterocycles. The number of aryl methyl sites for hydroxylation is 1. The van der Waals surface area contributed by atoms with Gasteiger partial charge in [0.1, 0.15) is 0 Å². The highest BCUT2D eigenvalue weighted by Crippen LogP contribution is 2.08. The molecule has 90 valence electrons. The number of nitrogens with zero attached hydrogens (tertiary/aromatic N) is 1. The molecule has 0 saturated heterocycles. The lowest BCUT2D eigenvalue weighted by Gasteiger charge is -2.25. The Morgan fingerprint density at radius 1 is 1.38 bits per heavy atom. The van der Waals surface area contributed by atoms with Crippen molar-refractivity contribution in [3.8, 4) is 0 Å². The van der Waals surface area contributed by atoms with Gasteiger partial charge in [-0.05, 0) is 33.0 Å². The lowest BCUT2D eigenvalue weighted by atomic mass is 10.1. The van der Waals surface area contributed by atoms with Gasteiger partial charge in [-0.1, -0.05) is 36.8 Å². The first kappa shape index (κ1) is 13.2. The van der Waals surface area contributed by atoms with Crippen LogP contribution < -0.4 is 5.32 Å². The van der Waals surface area contributed by atoms with E-state index in [1.165, 1.54) is 11.1 Å². The van der Waals surface area contributed by atoms with Crippen molar-refractivity contribution in [2.75, 3.05) is 20.1 Å². The highest BCUT2D eigenvalue weighted by Gasteiger charge is 2.08. The quantitative estimate of drug-likeness (QED) is 0.792. The molecule has 1 N–H and O–H groups in total. The van der Waals surface area contributed by atoms with E-state index in [0.717, 1.165) is 19.6 Å². The van der Waals surface area contributed by atoms with Crippen LogP contribution in [-0.4, -0.2) is 31.1 Å². The highest BCUT2D eigenvalue weighted by molar-refractivity contribution is 5.22. The topological polar surface area (TPSA) is 15.3 Å². The molecule has 1 aromatic carbocycles. The Morgan fingerprint density at radius 2 is 2.12 bits per heavy atom. The molecule has 2 nitrogen and oxygen atoms in total. The zero-order chi connectivity index (χ0) is 12.0. The maximum atomic E-state index is 3.38. The number of benzene rings is 1. The van der Waals surface area contributed by atoms with Crippen molar-refractivity contribution >= 4 is 0 Å². The summed E-state index contributed by atoms with van der Waals surface area (Å²) in [5, 5.41) is 3.38. The van der Waals surface area contributed by atoms with Gasteiger partial charge >= 0.3 is 0 Å². The van der Waals surface area contributed by atoms with E-state index in [1.807, 2.05) is 0 Å². The standard InChI is InChI=1S/C14H24N2/c1-5-15-10-13(3)16(4)11-14-8-6-7-12(2)9-14/h6-9,13,15H,5,10-11H2,1-4H3. The van der Waals surface area contributed by atoms with Crippen LogP contribution in [0.2, 0.25) is 0 Å². The first-order chi connectivity index (χ1) is 7.63. The van der Waals surface area contributed by atoms with Crippen molar-refractivity contribution in [1.82, 2.24) is 10.2 Å². The second-order valence-corrected chi connectivity index (χ2v) is 4.56. The summed E-state index contributed by atoms with van der Waals surface area (Å²) >= 11 is 0. The maximum Gasteiger partial charge on any atom is 0.0234 e. The third-order valence-corrected chi connectivity index (χ3v) is 2.96. The van der Waals surface area contributed by atoms with Gasteiger partial charge in [0.05, 0.1) is 0 Å². The van der Waals surface area contributed by atoms with E-state index in [4.69, 9.17) is 0 Å². The monoisotopic (exact) mass is 220 g/mol. The van der Waals surface area contributed by atoms with Crippen molar-refractivity contribution < 1.29 is 0 Å². The summed E-state index contributed by atoms with van der Waals surface area (Å²) in [6.07, 6.45) is 0. The minimum Gasteiger partial charge on any atom is -0.315 e. The number of hydrogen-bond donors (Lipinski definition) is 1. The predicted molar refractivity (Wildman–Crippen MR) is 70.7 cm³/mol. The average molecular weight is 220 g/mol. The smallest absolute Gasteiger partial charge is 0.0234 e. The van der Waals surface area contributed by atoms with Crippen LogP contribution in [0.25, 0.3) is 0 Å². The molecule has 0 aliphatic carbocycles. The number of nitrogens with one attached hydrogen (secondary N) is 1. The molecule has 2 heteroatoms. The Labute approximate surface area is 99.7 Å². The summed E-state index contributed by atoms with van der Waals surface area (Å²) in [7, 11) is 2.18. The Kier molecular flexibility index (Phi) is 5.50. The zero-order valence-corrected chi connectivity index (χ0v) is 11.0. The molecule has 0 heterocycles. The van der Waals surface area contributed by atoms with Gasteiger partial charge < -0.3 is 5.32 Å². The van der Waals surface area contributed by atoms with Crippen LogP contribution in [0.1, 0.15) is 25.0 Å². The third-order valence-electron chi connectivity index (χ3n) is 2.96. The van der Waals surface area contributed by atoms with Crippen molar-refractivity contribution in [3.63, 3.8) is 0 Å². The van der Waals surface area contributed by atoms with Crippen LogP contribution in [0.15, 0.2) is 24.3 Å². The first-order valence-corrected chi connectivity index (χ1v) is 6.10. The summed E-state index contributed by atoms with van der Waals surface area (Å²) in [5.74, 6) is 0. The van der Waals surface area contributed by atoms with Gasteiger partial charge in [-0.3, -0.25) is 4.90 Å². The Bertz CT molecular complexity index is 309. The molecule has 16 heavy (non-hydrogen) atoms. The number of likely N-dealkylation sites (N-methyl/N-ethyl adjacent to an activating group) is 2. The minimum absolute atomic E-state index is 0.570. The molecule has 0 aromatic heterocycles. The predicted octanol–water partition coefficient (Wildman–Crippen LogP) is 2.42. The van der Waals surface area contributed by atoms with Gasteiger partial charge in [-0.15, -0.1) is 0 Å². The van der Waals surface area contributed by atoms with Gasteiger partial charge in [-0.25, -0.2) is 0 Å². The minimum atomic E-state index is 0.570. The van der Waals surface area contributed by atoms with Gasteiger partial charge in [-0.2, -0.15) is 0 Å². The lowest BCUT2D eigenvalue weighted by molar-refractivity contribution is 0.244. The fourth-order valence-electron chi connectivity index (χ4n) is 1.76. The second-order valence-electron chi connectivity index (χ2n) is 4.56. The molecule has 1 rings (SSSR count). The third kappa shape index (κ3) is 4.33. The van der Waals surface area contributed by atoms with Gasteiger partial charge in [0.2, 0.25) is 0 Å². The molecular weight excluding hydrogens is 196 g/mol. The largest absolute Gasteiger partial charge is 0.315 e. The van der Waals surface area contributed by atoms with Crippen LogP contribution in [0.4, 0.5) is 0 Å². The summed E-state index contributed by atoms with van der Waals surface area (Å²) in [4.78, 5) is 2.39. The molecule has 0 amide bonds. The molecular formula is C14H24N2. The molecule has 0 radical (unpaired) electrons. The van der Waals surface area contributed by atoms with E-state index >= 15 is 0 Å².